The fourth-order valence-corrected chi connectivity index (χ4v) is 1.80. The van der Waals surface area contributed by atoms with Gasteiger partial charge in [0.15, 0.2) is 5.96 Å². The molecule has 0 aliphatic carbocycles. The van der Waals surface area contributed by atoms with Gasteiger partial charge in [-0.3, -0.25) is 0 Å². The Morgan fingerprint density at radius 3 is 2.55 bits per heavy atom. The van der Waals surface area contributed by atoms with E-state index in [1.54, 1.807) is 7.11 Å². The number of nitrogens with zero attached hydrogens (tertiary/aromatic N) is 1. The zero-order chi connectivity index (χ0) is 14.3. The molecule has 0 atom stereocenters. The molecule has 0 fully saturated rings. The number of hydrogen-bond acceptors (Lipinski definition) is 2. The molecule has 0 heterocycles. The van der Waals surface area contributed by atoms with Crippen LogP contribution in [0.15, 0.2) is 23.2 Å². The molecule has 0 bridgehead atoms. The molecule has 0 saturated carbocycles. The molecule has 1 rings (SSSR count). The molecular weight excluding hydrogens is 365 g/mol. The van der Waals surface area contributed by atoms with E-state index >= 15 is 0 Å². The first-order valence-electron chi connectivity index (χ1n) is 6.75. The summed E-state index contributed by atoms with van der Waals surface area (Å²) in [7, 11) is 1.69. The molecule has 114 valence electrons. The predicted molar refractivity (Wildman–Crippen MR) is 96.2 cm³/mol. The number of hydrogen-bond donors (Lipinski definition) is 2. The van der Waals surface area contributed by atoms with Gasteiger partial charge in [0.25, 0.3) is 0 Å². The van der Waals surface area contributed by atoms with Crippen molar-refractivity contribution < 1.29 is 4.74 Å². The molecule has 0 aromatic heterocycles. The third kappa shape index (κ3) is 6.45. The predicted octanol–water partition coefficient (Wildman–Crippen LogP) is 3.09. The summed E-state index contributed by atoms with van der Waals surface area (Å²) >= 11 is 0. The van der Waals surface area contributed by atoms with Crippen LogP contribution in [0.1, 0.15) is 31.9 Å². The maximum Gasteiger partial charge on any atom is 0.191 e. The average Bonchev–Trinajstić information content (AvgIpc) is 2.36. The number of halogens is 1. The van der Waals surface area contributed by atoms with Gasteiger partial charge in [0.05, 0.1) is 13.7 Å². The van der Waals surface area contributed by atoms with Gasteiger partial charge in [-0.25, -0.2) is 4.99 Å². The standard InChI is InChI=1S/C15H25N3O.HI/c1-6-16-15(18-11(2)3)17-10-13-7-8-14(19-5)12(4)9-13;/h7-9,11H,6,10H2,1-5H3,(H2,16,17,18);1H. The molecular formula is C15H26IN3O. The summed E-state index contributed by atoms with van der Waals surface area (Å²) in [6.45, 7) is 9.83. The molecule has 5 heteroatoms. The van der Waals surface area contributed by atoms with Gasteiger partial charge < -0.3 is 15.4 Å². The maximum absolute atomic E-state index is 5.26. The fraction of sp³-hybridized carbons (Fsp3) is 0.533. The van der Waals surface area contributed by atoms with Crippen LogP contribution >= 0.6 is 24.0 Å². The van der Waals surface area contributed by atoms with Crippen molar-refractivity contribution in [2.45, 2.75) is 40.3 Å². The van der Waals surface area contributed by atoms with Crippen LogP contribution in [0, 0.1) is 6.92 Å². The Bertz CT molecular complexity index is 433. The van der Waals surface area contributed by atoms with Crippen LogP contribution in [-0.4, -0.2) is 25.7 Å². The van der Waals surface area contributed by atoms with Crippen molar-refractivity contribution in [3.05, 3.63) is 29.3 Å². The van der Waals surface area contributed by atoms with Crippen LogP contribution in [0.5, 0.6) is 5.75 Å². The van der Waals surface area contributed by atoms with Crippen molar-refractivity contribution in [3.8, 4) is 5.75 Å². The quantitative estimate of drug-likeness (QED) is 0.461. The Labute approximate surface area is 139 Å². The molecule has 2 N–H and O–H groups in total. The smallest absolute Gasteiger partial charge is 0.191 e. The number of aliphatic imine (C=N–C) groups is 1. The van der Waals surface area contributed by atoms with E-state index in [0.29, 0.717) is 12.6 Å². The average molecular weight is 391 g/mol. The first-order valence-corrected chi connectivity index (χ1v) is 6.75. The van der Waals surface area contributed by atoms with E-state index in [-0.39, 0.29) is 24.0 Å². The topological polar surface area (TPSA) is 45.7 Å². The van der Waals surface area contributed by atoms with Crippen molar-refractivity contribution >= 4 is 29.9 Å². The second-order valence-corrected chi connectivity index (χ2v) is 4.80. The zero-order valence-electron chi connectivity index (χ0n) is 13.0. The van der Waals surface area contributed by atoms with Gasteiger partial charge in [-0.05, 0) is 44.9 Å². The molecule has 0 saturated heterocycles. The van der Waals surface area contributed by atoms with Gasteiger partial charge in [-0.2, -0.15) is 0 Å². The third-order valence-electron chi connectivity index (χ3n) is 2.65. The van der Waals surface area contributed by atoms with Gasteiger partial charge in [-0.15, -0.1) is 24.0 Å². The summed E-state index contributed by atoms with van der Waals surface area (Å²) in [5.74, 6) is 1.77. The summed E-state index contributed by atoms with van der Waals surface area (Å²) in [4.78, 5) is 4.57. The normalized spacial score (nSPS) is 11.0. The van der Waals surface area contributed by atoms with Crippen molar-refractivity contribution in [1.29, 1.82) is 0 Å². The highest BCUT2D eigenvalue weighted by atomic mass is 127. The summed E-state index contributed by atoms with van der Waals surface area (Å²) in [6.07, 6.45) is 0. The molecule has 0 aliphatic heterocycles. The van der Waals surface area contributed by atoms with E-state index in [2.05, 4.69) is 42.5 Å². The van der Waals surface area contributed by atoms with Gasteiger partial charge in [-0.1, -0.05) is 12.1 Å². The third-order valence-corrected chi connectivity index (χ3v) is 2.65. The summed E-state index contributed by atoms with van der Waals surface area (Å²) in [5.41, 5.74) is 2.32. The lowest BCUT2D eigenvalue weighted by molar-refractivity contribution is 0.411. The van der Waals surface area contributed by atoms with Crippen molar-refractivity contribution in [3.63, 3.8) is 0 Å². The summed E-state index contributed by atoms with van der Waals surface area (Å²) < 4.78 is 5.26. The van der Waals surface area contributed by atoms with Crippen LogP contribution in [0.2, 0.25) is 0 Å². The van der Waals surface area contributed by atoms with Gasteiger partial charge in [0.1, 0.15) is 5.75 Å². The molecule has 0 radical (unpaired) electrons. The van der Waals surface area contributed by atoms with Crippen LogP contribution < -0.4 is 15.4 Å². The van der Waals surface area contributed by atoms with Crippen LogP contribution in [-0.2, 0) is 6.54 Å². The van der Waals surface area contributed by atoms with E-state index in [0.717, 1.165) is 23.8 Å². The minimum Gasteiger partial charge on any atom is -0.496 e. The number of aryl methyl sites for hydroxylation is 1. The Morgan fingerprint density at radius 2 is 2.05 bits per heavy atom. The summed E-state index contributed by atoms with van der Waals surface area (Å²) in [5, 5.41) is 6.54. The highest BCUT2D eigenvalue weighted by Gasteiger charge is 2.02. The first kappa shape index (κ1) is 19.0. The van der Waals surface area contributed by atoms with E-state index < -0.39 is 0 Å². The Hall–Kier alpha value is -0.980. The highest BCUT2D eigenvalue weighted by molar-refractivity contribution is 14.0. The van der Waals surface area contributed by atoms with Gasteiger partial charge >= 0.3 is 0 Å². The second kappa shape index (κ2) is 9.85. The van der Waals surface area contributed by atoms with Gasteiger partial charge in [0.2, 0.25) is 0 Å². The van der Waals surface area contributed by atoms with Crippen molar-refractivity contribution in [2.75, 3.05) is 13.7 Å². The monoisotopic (exact) mass is 391 g/mol. The molecule has 1 aromatic rings. The van der Waals surface area contributed by atoms with E-state index in [9.17, 15) is 0 Å². The number of guanidine groups is 1. The fourth-order valence-electron chi connectivity index (χ4n) is 1.80. The molecule has 20 heavy (non-hydrogen) atoms. The summed E-state index contributed by atoms with van der Waals surface area (Å²) in [6, 6.07) is 6.52. The minimum atomic E-state index is 0. The van der Waals surface area contributed by atoms with Crippen molar-refractivity contribution in [1.82, 2.24) is 10.6 Å². The maximum atomic E-state index is 5.26. The number of rotatable bonds is 5. The zero-order valence-corrected chi connectivity index (χ0v) is 15.3. The van der Waals surface area contributed by atoms with Gasteiger partial charge in [0, 0.05) is 12.6 Å². The molecule has 1 aromatic carbocycles. The SMILES string of the molecule is CCNC(=NCc1ccc(OC)c(C)c1)NC(C)C.I. The minimum absolute atomic E-state index is 0. The molecule has 4 nitrogen and oxygen atoms in total. The molecule has 0 unspecified atom stereocenters. The lowest BCUT2D eigenvalue weighted by Gasteiger charge is -2.14. The van der Waals surface area contributed by atoms with Crippen LogP contribution in [0.3, 0.4) is 0 Å². The second-order valence-electron chi connectivity index (χ2n) is 4.80. The van der Waals surface area contributed by atoms with E-state index in [4.69, 9.17) is 4.74 Å². The van der Waals surface area contributed by atoms with E-state index in [1.807, 2.05) is 19.1 Å². The number of benzene rings is 1. The lowest BCUT2D eigenvalue weighted by Crippen LogP contribution is -2.40. The highest BCUT2D eigenvalue weighted by Crippen LogP contribution is 2.18. The van der Waals surface area contributed by atoms with Crippen molar-refractivity contribution in [2.24, 2.45) is 4.99 Å². The van der Waals surface area contributed by atoms with E-state index in [1.165, 1.54) is 5.56 Å². The Morgan fingerprint density at radius 1 is 1.35 bits per heavy atom. The number of nitrogens with one attached hydrogen (secondary N) is 2. The molecule has 0 spiro atoms. The number of methoxy groups -OCH3 is 1. The van der Waals surface area contributed by atoms with Crippen LogP contribution in [0.4, 0.5) is 0 Å². The first-order chi connectivity index (χ1) is 9.06. The lowest BCUT2D eigenvalue weighted by atomic mass is 10.1. The van der Waals surface area contributed by atoms with Crippen LogP contribution in [0.25, 0.3) is 0 Å². The largest absolute Gasteiger partial charge is 0.496 e. The molecule has 0 amide bonds. The Balaban J connectivity index is 0.00000361. The Kier molecular flexibility index (Phi) is 9.37. The molecule has 0 aliphatic rings. The number of ether oxygens (including phenoxy) is 1.